The molecule has 1 saturated heterocycles. The molecule has 1 aliphatic heterocycles. The monoisotopic (exact) mass is 505 g/mol. The molecule has 1 aromatic carbocycles. The van der Waals surface area contributed by atoms with Crippen molar-refractivity contribution in [1.82, 2.24) is 14.9 Å². The molecule has 0 unspecified atom stereocenters. The first kappa shape index (κ1) is 22.1. The second-order valence-electron chi connectivity index (χ2n) is 7.52. The Kier molecular flexibility index (Phi) is 6.64. The van der Waals surface area contributed by atoms with Gasteiger partial charge in [-0.15, -0.1) is 11.3 Å². The van der Waals surface area contributed by atoms with Crippen LogP contribution in [0.2, 0.25) is 10.2 Å². The van der Waals surface area contributed by atoms with Crippen molar-refractivity contribution >= 4 is 56.1 Å². The number of morpholine rings is 1. The van der Waals surface area contributed by atoms with Crippen molar-refractivity contribution in [3.63, 3.8) is 0 Å². The molecule has 9 heteroatoms. The molecule has 0 saturated carbocycles. The van der Waals surface area contributed by atoms with Gasteiger partial charge in [0.2, 0.25) is 0 Å². The fraction of sp³-hybridized carbons (Fsp3) is 0.304. The van der Waals surface area contributed by atoms with Crippen LogP contribution in [0.3, 0.4) is 0 Å². The van der Waals surface area contributed by atoms with Crippen LogP contribution in [-0.2, 0) is 4.74 Å². The Morgan fingerprint density at radius 1 is 1.16 bits per heavy atom. The van der Waals surface area contributed by atoms with Crippen LogP contribution in [0.15, 0.2) is 35.3 Å². The van der Waals surface area contributed by atoms with E-state index in [0.717, 1.165) is 70.2 Å². The lowest BCUT2D eigenvalue weighted by Crippen LogP contribution is -2.38. The van der Waals surface area contributed by atoms with E-state index in [2.05, 4.69) is 37.8 Å². The van der Waals surface area contributed by atoms with E-state index >= 15 is 0 Å². The summed E-state index contributed by atoms with van der Waals surface area (Å²) in [5, 5.41) is 6.13. The van der Waals surface area contributed by atoms with Crippen molar-refractivity contribution in [2.45, 2.75) is 6.92 Å². The van der Waals surface area contributed by atoms with Crippen LogP contribution >= 0.6 is 45.9 Å². The number of halogens is 2. The van der Waals surface area contributed by atoms with E-state index in [1.807, 2.05) is 13.0 Å². The minimum atomic E-state index is 0.448. The van der Waals surface area contributed by atoms with Crippen LogP contribution in [0.5, 0.6) is 5.75 Å². The second kappa shape index (κ2) is 9.63. The zero-order valence-corrected chi connectivity index (χ0v) is 20.6. The number of benzene rings is 1. The third-order valence-corrected chi connectivity index (χ3v) is 8.20. The van der Waals surface area contributed by atoms with Crippen molar-refractivity contribution in [3.8, 4) is 27.3 Å². The lowest BCUT2D eigenvalue weighted by Gasteiger charge is -2.26. The standard InChI is InChI=1S/C23H21Cl2N3O2S2/c1-14-16(2-3-17(20(14)24)30-10-7-28-5-8-29-9-6-28)18-19-22(25)26-13-27-23(19)32-21(18)15-4-11-31-12-15/h2-4,11-13H,5-10H2,1H3. The molecule has 1 aliphatic rings. The maximum Gasteiger partial charge on any atom is 0.141 e. The van der Waals surface area contributed by atoms with Crippen molar-refractivity contribution in [1.29, 1.82) is 0 Å². The minimum absolute atomic E-state index is 0.448. The quantitative estimate of drug-likeness (QED) is 0.283. The predicted octanol–water partition coefficient (Wildman–Crippen LogP) is 6.41. The number of hydrogen-bond donors (Lipinski definition) is 0. The third kappa shape index (κ3) is 4.25. The highest BCUT2D eigenvalue weighted by Gasteiger charge is 2.23. The van der Waals surface area contributed by atoms with Gasteiger partial charge in [0.05, 0.1) is 23.6 Å². The first-order chi connectivity index (χ1) is 15.6. The molecule has 166 valence electrons. The molecule has 0 amide bonds. The Bertz CT molecular complexity index is 1240. The van der Waals surface area contributed by atoms with Crippen LogP contribution in [0.4, 0.5) is 0 Å². The number of hydrogen-bond acceptors (Lipinski definition) is 7. The molecule has 1 fully saturated rings. The van der Waals surface area contributed by atoms with E-state index in [4.69, 9.17) is 32.7 Å². The fourth-order valence-electron chi connectivity index (χ4n) is 3.90. The van der Waals surface area contributed by atoms with Gasteiger partial charge in [0.15, 0.2) is 0 Å². The highest BCUT2D eigenvalue weighted by atomic mass is 35.5. The maximum absolute atomic E-state index is 6.79. The molecule has 5 rings (SSSR count). The van der Waals surface area contributed by atoms with Crippen molar-refractivity contribution < 1.29 is 9.47 Å². The highest BCUT2D eigenvalue weighted by molar-refractivity contribution is 7.23. The van der Waals surface area contributed by atoms with E-state index in [-0.39, 0.29) is 0 Å². The van der Waals surface area contributed by atoms with Gasteiger partial charge in [0.1, 0.15) is 28.7 Å². The Morgan fingerprint density at radius 2 is 2.00 bits per heavy atom. The van der Waals surface area contributed by atoms with Gasteiger partial charge >= 0.3 is 0 Å². The Hall–Kier alpha value is -1.74. The average Bonchev–Trinajstić information content (AvgIpc) is 3.46. The summed E-state index contributed by atoms with van der Waals surface area (Å²) in [5.41, 5.74) is 4.13. The zero-order chi connectivity index (χ0) is 22.1. The van der Waals surface area contributed by atoms with E-state index in [0.29, 0.717) is 22.5 Å². The van der Waals surface area contributed by atoms with Crippen LogP contribution in [0.25, 0.3) is 31.8 Å². The van der Waals surface area contributed by atoms with Gasteiger partial charge in [0.25, 0.3) is 0 Å². The molecule has 0 aliphatic carbocycles. The molecule has 0 bridgehead atoms. The molecule has 5 nitrogen and oxygen atoms in total. The number of fused-ring (bicyclic) bond motifs is 1. The van der Waals surface area contributed by atoms with E-state index < -0.39 is 0 Å². The SMILES string of the molecule is Cc1c(-c2c(-c3ccsc3)sc3ncnc(Cl)c23)ccc(OCCN2CCOCC2)c1Cl. The summed E-state index contributed by atoms with van der Waals surface area (Å²) in [6.45, 7) is 6.89. The minimum Gasteiger partial charge on any atom is -0.491 e. The van der Waals surface area contributed by atoms with Gasteiger partial charge in [0, 0.05) is 35.6 Å². The lowest BCUT2D eigenvalue weighted by atomic mass is 9.97. The van der Waals surface area contributed by atoms with Crippen LogP contribution < -0.4 is 4.74 Å². The van der Waals surface area contributed by atoms with Crippen molar-refractivity contribution in [2.75, 3.05) is 39.5 Å². The predicted molar refractivity (Wildman–Crippen MR) is 134 cm³/mol. The largest absolute Gasteiger partial charge is 0.491 e. The molecule has 3 aromatic heterocycles. The van der Waals surface area contributed by atoms with Crippen molar-refractivity contribution in [2.24, 2.45) is 0 Å². The molecule has 0 radical (unpaired) electrons. The summed E-state index contributed by atoms with van der Waals surface area (Å²) in [4.78, 5) is 13.0. The molecule has 0 atom stereocenters. The molecular formula is C23H21Cl2N3O2S2. The topological polar surface area (TPSA) is 47.5 Å². The van der Waals surface area contributed by atoms with E-state index in [1.54, 1.807) is 22.7 Å². The van der Waals surface area contributed by atoms with Gasteiger partial charge in [-0.3, -0.25) is 4.90 Å². The number of rotatable bonds is 6. The number of ether oxygens (including phenoxy) is 2. The fourth-order valence-corrected chi connectivity index (χ4v) is 6.28. The number of thiophene rings is 2. The second-order valence-corrected chi connectivity index (χ2v) is 10.0. The zero-order valence-electron chi connectivity index (χ0n) is 17.4. The van der Waals surface area contributed by atoms with Crippen LogP contribution in [0, 0.1) is 6.92 Å². The highest BCUT2D eigenvalue weighted by Crippen LogP contribution is 2.48. The van der Waals surface area contributed by atoms with E-state index in [1.165, 1.54) is 6.33 Å². The van der Waals surface area contributed by atoms with Crippen LogP contribution in [0.1, 0.15) is 5.56 Å². The average molecular weight is 506 g/mol. The Morgan fingerprint density at radius 3 is 2.78 bits per heavy atom. The van der Waals surface area contributed by atoms with Crippen LogP contribution in [-0.4, -0.2) is 54.3 Å². The Balaban J connectivity index is 1.50. The normalized spacial score (nSPS) is 14.8. The summed E-state index contributed by atoms with van der Waals surface area (Å²) in [5.74, 6) is 0.695. The molecular weight excluding hydrogens is 485 g/mol. The molecule has 0 spiro atoms. The lowest BCUT2D eigenvalue weighted by molar-refractivity contribution is 0.0322. The first-order valence-corrected chi connectivity index (χ1v) is 12.8. The molecule has 0 N–H and O–H groups in total. The van der Waals surface area contributed by atoms with Gasteiger partial charge < -0.3 is 9.47 Å². The van der Waals surface area contributed by atoms with Gasteiger partial charge in [-0.25, -0.2) is 9.97 Å². The first-order valence-electron chi connectivity index (χ1n) is 10.3. The van der Waals surface area contributed by atoms with Gasteiger partial charge in [-0.2, -0.15) is 11.3 Å². The summed E-state index contributed by atoms with van der Waals surface area (Å²) < 4.78 is 11.4. The van der Waals surface area contributed by atoms with Crippen molar-refractivity contribution in [3.05, 3.63) is 51.0 Å². The maximum atomic E-state index is 6.79. The molecule has 32 heavy (non-hydrogen) atoms. The number of nitrogens with zero attached hydrogens (tertiary/aromatic N) is 3. The Labute approximate surface area is 204 Å². The van der Waals surface area contributed by atoms with Gasteiger partial charge in [-0.05, 0) is 40.9 Å². The number of aromatic nitrogens is 2. The summed E-state index contributed by atoms with van der Waals surface area (Å²) in [6.07, 6.45) is 1.51. The third-order valence-electron chi connectivity index (χ3n) is 5.61. The van der Waals surface area contributed by atoms with Gasteiger partial charge in [-0.1, -0.05) is 29.3 Å². The molecule has 4 aromatic rings. The smallest absolute Gasteiger partial charge is 0.141 e. The summed E-state index contributed by atoms with van der Waals surface area (Å²) >= 11 is 16.6. The van der Waals surface area contributed by atoms with E-state index in [9.17, 15) is 0 Å². The molecule has 4 heterocycles. The summed E-state index contributed by atoms with van der Waals surface area (Å²) in [7, 11) is 0. The summed E-state index contributed by atoms with van der Waals surface area (Å²) in [6, 6.07) is 6.12.